The van der Waals surface area contributed by atoms with Crippen molar-refractivity contribution in [2.45, 2.75) is 38.1 Å². The molecule has 5 N–H and O–H groups in total. The zero-order valence-corrected chi connectivity index (χ0v) is 10.4. The number of aliphatic carboxylic acids is 1. The molecule has 0 rings (SSSR count). The normalized spacial score (nSPS) is 16.6. The van der Waals surface area contributed by atoms with Gasteiger partial charge < -0.3 is 30.7 Å². The molecule has 108 valence electrons. The summed E-state index contributed by atoms with van der Waals surface area (Å²) in [7, 11) is 0. The third-order valence-corrected chi connectivity index (χ3v) is 2.22. The van der Waals surface area contributed by atoms with Crippen molar-refractivity contribution in [2.75, 3.05) is 0 Å². The summed E-state index contributed by atoms with van der Waals surface area (Å²) in [4.78, 5) is 43.3. The number of carboxylic acid groups (broad SMARTS) is 1. The number of aldehydes is 1. The van der Waals surface area contributed by atoms with Gasteiger partial charge in [0.15, 0.2) is 6.10 Å². The smallest absolute Gasteiger partial charge is 0.335 e. The Bertz CT molecular complexity index is 371. The fraction of sp³-hybridized carbons (Fsp3) is 0.600. The van der Waals surface area contributed by atoms with Gasteiger partial charge in [0.1, 0.15) is 18.4 Å². The Morgan fingerprint density at radius 2 is 1.53 bits per heavy atom. The van der Waals surface area contributed by atoms with Crippen LogP contribution in [0.4, 0.5) is 0 Å². The maximum absolute atomic E-state index is 11.0. The molecule has 0 aliphatic rings. The molecule has 0 aliphatic carbocycles. The molecule has 0 aromatic heterocycles. The molecular formula is C10H16N2O7. The van der Waals surface area contributed by atoms with E-state index in [0.29, 0.717) is 0 Å². The van der Waals surface area contributed by atoms with Crippen molar-refractivity contribution in [3.05, 3.63) is 0 Å². The summed E-state index contributed by atoms with van der Waals surface area (Å²) >= 11 is 0. The summed E-state index contributed by atoms with van der Waals surface area (Å²) in [6.07, 6.45) is -3.96. The van der Waals surface area contributed by atoms with Gasteiger partial charge in [-0.15, -0.1) is 0 Å². The van der Waals surface area contributed by atoms with E-state index in [2.05, 4.69) is 10.6 Å². The largest absolute Gasteiger partial charge is 0.479 e. The standard InChI is InChI=1S/C10H16N2O7/c1-4(14)11-6(3-13)7(12-5(2)15)8(16)9(17)10(18)19/h3,6-9,16-17H,1-2H3,(H,11,14)(H,12,15)(H,18,19)/t6-,7+,8-,9-/m0/s1. The lowest BCUT2D eigenvalue weighted by Crippen LogP contribution is -2.61. The quantitative estimate of drug-likeness (QED) is 0.310. The third kappa shape index (κ3) is 5.44. The second-order valence-corrected chi connectivity index (χ2v) is 3.86. The summed E-state index contributed by atoms with van der Waals surface area (Å²) in [5, 5.41) is 31.7. The van der Waals surface area contributed by atoms with E-state index in [4.69, 9.17) is 5.11 Å². The molecule has 0 aliphatic heterocycles. The minimum atomic E-state index is -2.21. The zero-order chi connectivity index (χ0) is 15.2. The second kappa shape index (κ2) is 7.44. The van der Waals surface area contributed by atoms with Crippen molar-refractivity contribution in [3.63, 3.8) is 0 Å². The van der Waals surface area contributed by atoms with Crippen LogP contribution in [0.15, 0.2) is 0 Å². The number of carbonyl (C=O) groups is 4. The highest BCUT2D eigenvalue weighted by Gasteiger charge is 2.37. The van der Waals surface area contributed by atoms with Crippen molar-refractivity contribution in [1.82, 2.24) is 10.6 Å². The maximum Gasteiger partial charge on any atom is 0.335 e. The summed E-state index contributed by atoms with van der Waals surface area (Å²) in [5.74, 6) is -3.02. The Hall–Kier alpha value is -2.00. The first-order chi connectivity index (χ1) is 8.70. The molecule has 0 saturated carbocycles. The van der Waals surface area contributed by atoms with Crippen molar-refractivity contribution in [2.24, 2.45) is 0 Å². The molecular weight excluding hydrogens is 260 g/mol. The van der Waals surface area contributed by atoms with E-state index in [0.717, 1.165) is 13.8 Å². The van der Waals surface area contributed by atoms with Crippen LogP contribution in [0.5, 0.6) is 0 Å². The molecule has 0 radical (unpaired) electrons. The van der Waals surface area contributed by atoms with Gasteiger partial charge in [-0.25, -0.2) is 4.79 Å². The van der Waals surface area contributed by atoms with Crippen LogP contribution in [0.25, 0.3) is 0 Å². The van der Waals surface area contributed by atoms with Gasteiger partial charge in [0, 0.05) is 13.8 Å². The summed E-state index contributed by atoms with van der Waals surface area (Å²) < 4.78 is 0. The highest BCUT2D eigenvalue weighted by atomic mass is 16.4. The van der Waals surface area contributed by atoms with Crippen LogP contribution < -0.4 is 10.6 Å². The SMILES string of the molecule is CC(=O)N[C@@H]([C@H](O)[C@H](O)C(=O)O)[C@H](C=O)NC(C)=O. The van der Waals surface area contributed by atoms with Crippen LogP contribution in [0.3, 0.4) is 0 Å². The van der Waals surface area contributed by atoms with E-state index in [1.807, 2.05) is 0 Å². The van der Waals surface area contributed by atoms with Gasteiger partial charge in [-0.05, 0) is 0 Å². The second-order valence-electron chi connectivity index (χ2n) is 3.86. The van der Waals surface area contributed by atoms with E-state index >= 15 is 0 Å². The lowest BCUT2D eigenvalue weighted by molar-refractivity contribution is -0.155. The number of aliphatic hydroxyl groups is 2. The molecule has 2 amide bonds. The molecule has 0 aromatic carbocycles. The molecule has 0 bridgehead atoms. The molecule has 0 heterocycles. The van der Waals surface area contributed by atoms with Crippen LogP contribution in [-0.2, 0) is 19.2 Å². The highest BCUT2D eigenvalue weighted by molar-refractivity contribution is 5.80. The number of hydrogen-bond acceptors (Lipinski definition) is 6. The fourth-order valence-electron chi connectivity index (χ4n) is 1.41. The summed E-state index contributed by atoms with van der Waals surface area (Å²) in [6.45, 7) is 2.17. The first kappa shape index (κ1) is 17.0. The predicted octanol–water partition coefficient (Wildman–Crippen LogP) is -3.00. The zero-order valence-electron chi connectivity index (χ0n) is 10.4. The number of carboxylic acids is 1. The highest BCUT2D eigenvalue weighted by Crippen LogP contribution is 2.05. The van der Waals surface area contributed by atoms with Crippen LogP contribution in [0, 0.1) is 0 Å². The molecule has 0 fully saturated rings. The minimum absolute atomic E-state index is 0.222. The third-order valence-electron chi connectivity index (χ3n) is 2.22. The predicted molar refractivity (Wildman–Crippen MR) is 60.9 cm³/mol. The van der Waals surface area contributed by atoms with E-state index in [-0.39, 0.29) is 6.29 Å². The van der Waals surface area contributed by atoms with Crippen molar-refractivity contribution >= 4 is 24.1 Å². The van der Waals surface area contributed by atoms with Crippen LogP contribution in [0.2, 0.25) is 0 Å². The lowest BCUT2D eigenvalue weighted by atomic mass is 9.98. The van der Waals surface area contributed by atoms with Gasteiger partial charge in [-0.3, -0.25) is 9.59 Å². The molecule has 0 spiro atoms. The average molecular weight is 276 g/mol. The van der Waals surface area contributed by atoms with Crippen LogP contribution in [-0.4, -0.2) is 63.7 Å². The fourth-order valence-corrected chi connectivity index (χ4v) is 1.41. The summed E-state index contributed by atoms with van der Waals surface area (Å²) in [6, 6.07) is -2.84. The number of hydrogen-bond donors (Lipinski definition) is 5. The summed E-state index contributed by atoms with van der Waals surface area (Å²) in [5.41, 5.74) is 0. The van der Waals surface area contributed by atoms with Gasteiger partial charge in [0.05, 0.1) is 6.04 Å². The maximum atomic E-state index is 11.0. The average Bonchev–Trinajstić information content (AvgIpc) is 2.30. The first-order valence-corrected chi connectivity index (χ1v) is 5.29. The monoisotopic (exact) mass is 276 g/mol. The molecule has 9 heteroatoms. The Balaban J connectivity index is 5.16. The molecule has 4 atom stereocenters. The first-order valence-electron chi connectivity index (χ1n) is 5.29. The van der Waals surface area contributed by atoms with Crippen molar-refractivity contribution < 1.29 is 34.5 Å². The molecule has 0 aromatic rings. The van der Waals surface area contributed by atoms with Gasteiger partial charge in [0.25, 0.3) is 0 Å². The Labute approximate surface area is 108 Å². The van der Waals surface area contributed by atoms with E-state index in [9.17, 15) is 29.4 Å². The minimum Gasteiger partial charge on any atom is -0.479 e. The van der Waals surface area contributed by atoms with Gasteiger partial charge in [-0.2, -0.15) is 0 Å². The van der Waals surface area contributed by atoms with E-state index in [1.165, 1.54) is 0 Å². The van der Waals surface area contributed by atoms with Gasteiger partial charge in [0.2, 0.25) is 11.8 Å². The number of rotatable bonds is 7. The van der Waals surface area contributed by atoms with E-state index in [1.54, 1.807) is 0 Å². The van der Waals surface area contributed by atoms with Crippen LogP contribution in [0.1, 0.15) is 13.8 Å². The molecule has 19 heavy (non-hydrogen) atoms. The number of carbonyl (C=O) groups excluding carboxylic acids is 3. The van der Waals surface area contributed by atoms with Crippen molar-refractivity contribution in [3.8, 4) is 0 Å². The Kier molecular flexibility index (Phi) is 6.66. The Morgan fingerprint density at radius 1 is 1.05 bits per heavy atom. The van der Waals surface area contributed by atoms with Crippen molar-refractivity contribution in [1.29, 1.82) is 0 Å². The lowest BCUT2D eigenvalue weighted by Gasteiger charge is -2.29. The topological polar surface area (TPSA) is 153 Å². The van der Waals surface area contributed by atoms with Gasteiger partial charge >= 0.3 is 5.97 Å². The number of amides is 2. The van der Waals surface area contributed by atoms with Gasteiger partial charge in [-0.1, -0.05) is 0 Å². The Morgan fingerprint density at radius 3 is 1.84 bits per heavy atom. The molecule has 9 nitrogen and oxygen atoms in total. The number of aliphatic hydroxyl groups excluding tert-OH is 2. The molecule has 0 saturated heterocycles. The van der Waals surface area contributed by atoms with E-state index < -0.39 is 42.1 Å². The molecule has 0 unspecified atom stereocenters. The number of nitrogens with one attached hydrogen (secondary N) is 2. The van der Waals surface area contributed by atoms with Crippen LogP contribution >= 0.6 is 0 Å².